The fourth-order valence-corrected chi connectivity index (χ4v) is 7.39. The van der Waals surface area contributed by atoms with Crippen LogP contribution in [0.1, 0.15) is 59.6 Å². The first-order valence-electron chi connectivity index (χ1n) is 12.8. The van der Waals surface area contributed by atoms with Crippen molar-refractivity contribution in [3.05, 3.63) is 98.3 Å². The maximum atomic E-state index is 13.9. The van der Waals surface area contributed by atoms with E-state index in [0.29, 0.717) is 17.9 Å². The Morgan fingerprint density at radius 1 is 1.11 bits per heavy atom. The molecule has 202 valence electrons. The van der Waals surface area contributed by atoms with Gasteiger partial charge in [-0.05, 0) is 96.8 Å². The second-order valence-electron chi connectivity index (χ2n) is 10.1. The zero-order valence-electron chi connectivity index (χ0n) is 22.1. The van der Waals surface area contributed by atoms with Gasteiger partial charge in [0.05, 0.1) is 17.9 Å². The number of halogens is 2. The van der Waals surface area contributed by atoms with Gasteiger partial charge in [-0.2, -0.15) is 4.31 Å². The van der Waals surface area contributed by atoms with Gasteiger partial charge in [-0.3, -0.25) is 4.79 Å². The number of hydrogen-bond acceptors (Lipinski definition) is 4. The van der Waals surface area contributed by atoms with E-state index >= 15 is 0 Å². The highest BCUT2D eigenvalue weighted by atomic mass is 79.9. The van der Waals surface area contributed by atoms with Gasteiger partial charge in [0.15, 0.2) is 0 Å². The third-order valence-corrected chi connectivity index (χ3v) is 9.54. The Kier molecular flexibility index (Phi) is 8.75. The highest BCUT2D eigenvalue weighted by Crippen LogP contribution is 2.35. The van der Waals surface area contributed by atoms with Crippen LogP contribution in [0.5, 0.6) is 0 Å². The van der Waals surface area contributed by atoms with Crippen molar-refractivity contribution in [3.63, 3.8) is 0 Å². The molecule has 38 heavy (non-hydrogen) atoms. The Balaban J connectivity index is 1.74. The molecule has 0 saturated carbocycles. The molecule has 3 aromatic rings. The maximum Gasteiger partial charge on any atom is 0.306 e. The van der Waals surface area contributed by atoms with Crippen molar-refractivity contribution in [2.45, 2.75) is 57.9 Å². The molecule has 0 spiro atoms. The number of rotatable bonds is 7. The first-order chi connectivity index (χ1) is 18.0. The highest BCUT2D eigenvalue weighted by Gasteiger charge is 2.33. The third kappa shape index (κ3) is 6.19. The molecule has 0 amide bonds. The molecule has 2 atom stereocenters. The highest BCUT2D eigenvalue weighted by molar-refractivity contribution is 9.10. The Morgan fingerprint density at radius 2 is 1.87 bits per heavy atom. The van der Waals surface area contributed by atoms with Gasteiger partial charge in [0.25, 0.3) is 0 Å². The quantitative estimate of drug-likeness (QED) is 0.284. The summed E-state index contributed by atoms with van der Waals surface area (Å²) < 4.78 is 49.0. The van der Waals surface area contributed by atoms with Gasteiger partial charge < -0.3 is 4.74 Å². The standard InChI is InChI=1S/C30H33BrFNO4S/c1-5-37-30(34)16-28(27-10-9-26(32)13-21(27)4)22-7-6-20(3)24(14-22)18-33-17-19(2)12-23-15-25(31)8-11-29(23)38(33,35)36/h6-11,13-15,19,28H,5,12,16-18H2,1-4H3. The van der Waals surface area contributed by atoms with Crippen molar-refractivity contribution >= 4 is 31.9 Å². The van der Waals surface area contributed by atoms with E-state index in [0.717, 1.165) is 37.9 Å². The number of ether oxygens (including phenoxy) is 1. The topological polar surface area (TPSA) is 63.7 Å². The molecule has 5 nitrogen and oxygen atoms in total. The lowest BCUT2D eigenvalue weighted by atomic mass is 9.84. The monoisotopic (exact) mass is 601 g/mol. The Labute approximate surface area is 233 Å². The predicted molar refractivity (Wildman–Crippen MR) is 150 cm³/mol. The number of carbonyl (C=O) groups excluding carboxylic acids is 1. The van der Waals surface area contributed by atoms with E-state index in [1.54, 1.807) is 29.4 Å². The van der Waals surface area contributed by atoms with Crippen LogP contribution >= 0.6 is 15.9 Å². The van der Waals surface area contributed by atoms with E-state index in [2.05, 4.69) is 22.9 Å². The average molecular weight is 603 g/mol. The van der Waals surface area contributed by atoms with Crippen molar-refractivity contribution in [2.75, 3.05) is 13.2 Å². The second-order valence-corrected chi connectivity index (χ2v) is 12.9. The summed E-state index contributed by atoms with van der Waals surface area (Å²) in [5.74, 6) is -0.887. The summed E-state index contributed by atoms with van der Waals surface area (Å²) in [4.78, 5) is 12.9. The Hall–Kier alpha value is -2.55. The van der Waals surface area contributed by atoms with E-state index in [9.17, 15) is 17.6 Å². The van der Waals surface area contributed by atoms with Gasteiger partial charge in [0.1, 0.15) is 5.82 Å². The summed E-state index contributed by atoms with van der Waals surface area (Å²) in [5, 5.41) is 0. The number of fused-ring (bicyclic) bond motifs is 1. The van der Waals surface area contributed by atoms with Gasteiger partial charge in [0, 0.05) is 23.5 Å². The van der Waals surface area contributed by atoms with Crippen LogP contribution < -0.4 is 0 Å². The SMILES string of the molecule is CCOC(=O)CC(c1ccc(C)c(CN2CC(C)Cc3cc(Br)ccc3S2(=O)=O)c1)c1ccc(F)cc1C. The smallest absolute Gasteiger partial charge is 0.306 e. The molecule has 0 aliphatic carbocycles. The van der Waals surface area contributed by atoms with Crippen molar-refractivity contribution in [2.24, 2.45) is 5.92 Å². The number of nitrogens with zero attached hydrogens (tertiary/aromatic N) is 1. The summed E-state index contributed by atoms with van der Waals surface area (Å²) in [7, 11) is -3.71. The van der Waals surface area contributed by atoms with Gasteiger partial charge in [0.2, 0.25) is 10.0 Å². The van der Waals surface area contributed by atoms with Gasteiger partial charge in [-0.25, -0.2) is 12.8 Å². The van der Waals surface area contributed by atoms with E-state index in [4.69, 9.17) is 4.74 Å². The lowest BCUT2D eigenvalue weighted by molar-refractivity contribution is -0.143. The molecule has 0 aromatic heterocycles. The number of sulfonamides is 1. The van der Waals surface area contributed by atoms with Crippen LogP contribution in [-0.4, -0.2) is 31.8 Å². The summed E-state index contributed by atoms with van der Waals surface area (Å²) >= 11 is 3.47. The molecule has 0 bridgehead atoms. The fraction of sp³-hybridized carbons (Fsp3) is 0.367. The zero-order chi connectivity index (χ0) is 27.6. The molecule has 0 fully saturated rings. The molecule has 0 saturated heterocycles. The van der Waals surface area contributed by atoms with E-state index in [1.165, 1.54) is 12.1 Å². The van der Waals surface area contributed by atoms with Crippen LogP contribution in [0.3, 0.4) is 0 Å². The van der Waals surface area contributed by atoms with Crippen LogP contribution in [-0.2, 0) is 32.5 Å². The summed E-state index contributed by atoms with van der Waals surface area (Å²) in [6.45, 7) is 8.51. The number of benzene rings is 3. The van der Waals surface area contributed by atoms with Crippen LogP contribution in [0.15, 0.2) is 64.0 Å². The van der Waals surface area contributed by atoms with Crippen molar-refractivity contribution in [1.29, 1.82) is 0 Å². The lowest BCUT2D eigenvalue weighted by Gasteiger charge is -2.25. The van der Waals surface area contributed by atoms with Crippen LogP contribution in [0.25, 0.3) is 0 Å². The van der Waals surface area contributed by atoms with E-state index < -0.39 is 10.0 Å². The molecule has 3 aromatic carbocycles. The van der Waals surface area contributed by atoms with Gasteiger partial charge >= 0.3 is 5.97 Å². The minimum Gasteiger partial charge on any atom is -0.466 e. The van der Waals surface area contributed by atoms with Gasteiger partial charge in [-0.1, -0.05) is 47.1 Å². The van der Waals surface area contributed by atoms with E-state index in [1.807, 2.05) is 38.1 Å². The van der Waals surface area contributed by atoms with Crippen LogP contribution in [0, 0.1) is 25.6 Å². The average Bonchev–Trinajstić information content (AvgIpc) is 2.92. The van der Waals surface area contributed by atoms with E-state index in [-0.39, 0.29) is 43.2 Å². The van der Waals surface area contributed by atoms with Crippen LogP contribution in [0.4, 0.5) is 4.39 Å². The van der Waals surface area contributed by atoms with Gasteiger partial charge in [-0.15, -0.1) is 0 Å². The molecular formula is C30H33BrFNO4S. The largest absolute Gasteiger partial charge is 0.466 e. The summed E-state index contributed by atoms with van der Waals surface area (Å²) in [6.07, 6.45) is 0.777. The third-order valence-electron chi connectivity index (χ3n) is 7.13. The second kappa shape index (κ2) is 11.7. The zero-order valence-corrected chi connectivity index (χ0v) is 24.5. The Morgan fingerprint density at radius 3 is 2.58 bits per heavy atom. The normalized spacial score (nSPS) is 17.9. The summed E-state index contributed by atoms with van der Waals surface area (Å²) in [6, 6.07) is 15.8. The van der Waals surface area contributed by atoms with Crippen molar-refractivity contribution in [3.8, 4) is 0 Å². The molecule has 1 aliphatic heterocycles. The fourth-order valence-electron chi connectivity index (χ4n) is 5.23. The molecule has 2 unspecified atom stereocenters. The van der Waals surface area contributed by atoms with Crippen molar-refractivity contribution in [1.82, 2.24) is 4.31 Å². The molecule has 0 radical (unpaired) electrons. The summed E-state index contributed by atoms with van der Waals surface area (Å²) in [5.41, 5.74) is 5.09. The number of hydrogen-bond donors (Lipinski definition) is 0. The molecule has 1 aliphatic rings. The number of aryl methyl sites for hydroxylation is 2. The van der Waals surface area contributed by atoms with Crippen molar-refractivity contribution < 1.29 is 22.3 Å². The first kappa shape index (κ1) is 28.5. The maximum absolute atomic E-state index is 13.9. The minimum atomic E-state index is -3.71. The number of esters is 1. The predicted octanol–water partition coefficient (Wildman–Crippen LogP) is 6.67. The lowest BCUT2D eigenvalue weighted by Crippen LogP contribution is -2.33. The molecule has 0 N–H and O–H groups in total. The van der Waals surface area contributed by atoms with Crippen LogP contribution in [0.2, 0.25) is 0 Å². The molecular weight excluding hydrogens is 569 g/mol. The molecule has 4 rings (SSSR count). The molecule has 1 heterocycles. The Bertz CT molecular complexity index is 1460. The number of carbonyl (C=O) groups is 1. The minimum absolute atomic E-state index is 0.101. The first-order valence-corrected chi connectivity index (χ1v) is 15.0. The molecule has 8 heteroatoms.